The summed E-state index contributed by atoms with van der Waals surface area (Å²) in [5.74, 6) is 1.13. The molecule has 1 unspecified atom stereocenters. The first-order valence-electron chi connectivity index (χ1n) is 8.40. The van der Waals surface area contributed by atoms with Gasteiger partial charge in [-0.15, -0.1) is 0 Å². The van der Waals surface area contributed by atoms with E-state index in [1.165, 1.54) is 63.5 Å². The minimum absolute atomic E-state index is 0.462. The van der Waals surface area contributed by atoms with Gasteiger partial charge in [0.05, 0.1) is 6.10 Å². The van der Waals surface area contributed by atoms with Gasteiger partial charge in [-0.3, -0.25) is 0 Å². The third kappa shape index (κ3) is 3.76. The van der Waals surface area contributed by atoms with Gasteiger partial charge in [-0.25, -0.2) is 0 Å². The molecule has 0 spiro atoms. The number of rotatable bonds is 5. The molecule has 0 bridgehead atoms. The molecule has 1 heterocycles. The largest absolute Gasteiger partial charge is 0.490 e. The first-order valence-corrected chi connectivity index (χ1v) is 8.40. The van der Waals surface area contributed by atoms with Crippen LogP contribution in [0.3, 0.4) is 0 Å². The van der Waals surface area contributed by atoms with Crippen molar-refractivity contribution in [3.05, 3.63) is 29.8 Å². The lowest BCUT2D eigenvalue weighted by atomic mass is 9.97. The van der Waals surface area contributed by atoms with Crippen molar-refractivity contribution in [3.63, 3.8) is 0 Å². The Morgan fingerprint density at radius 2 is 1.80 bits per heavy atom. The van der Waals surface area contributed by atoms with Gasteiger partial charge in [0, 0.05) is 6.04 Å². The molecule has 0 amide bonds. The Hall–Kier alpha value is -1.02. The highest BCUT2D eigenvalue weighted by atomic mass is 16.5. The lowest BCUT2D eigenvalue weighted by Crippen LogP contribution is -2.34. The zero-order chi connectivity index (χ0) is 13.6. The topological polar surface area (TPSA) is 21.3 Å². The SMILES string of the molecule is c1ccc(OC2CCCC2)c(CCC2CCCCN2)c1. The molecule has 1 aliphatic carbocycles. The average Bonchev–Trinajstić information content (AvgIpc) is 3.00. The van der Waals surface area contributed by atoms with Crippen molar-refractivity contribution in [2.24, 2.45) is 0 Å². The summed E-state index contributed by atoms with van der Waals surface area (Å²) in [6.07, 6.45) is 12.0. The maximum absolute atomic E-state index is 6.23. The van der Waals surface area contributed by atoms with Gasteiger partial charge in [-0.2, -0.15) is 0 Å². The molecule has 1 saturated carbocycles. The van der Waals surface area contributed by atoms with E-state index >= 15 is 0 Å². The molecule has 0 aromatic heterocycles. The van der Waals surface area contributed by atoms with Crippen LogP contribution in [0.15, 0.2) is 24.3 Å². The van der Waals surface area contributed by atoms with E-state index in [0.717, 1.165) is 12.2 Å². The molecule has 1 atom stereocenters. The first-order chi connectivity index (χ1) is 9.92. The van der Waals surface area contributed by atoms with Gasteiger partial charge in [-0.1, -0.05) is 24.6 Å². The predicted molar refractivity (Wildman–Crippen MR) is 83.3 cm³/mol. The highest BCUT2D eigenvalue weighted by molar-refractivity contribution is 5.33. The van der Waals surface area contributed by atoms with Gasteiger partial charge in [0.15, 0.2) is 0 Å². The Bertz CT molecular complexity index is 406. The number of piperidine rings is 1. The van der Waals surface area contributed by atoms with Crippen LogP contribution in [0, 0.1) is 0 Å². The molecule has 1 saturated heterocycles. The van der Waals surface area contributed by atoms with Crippen molar-refractivity contribution < 1.29 is 4.74 Å². The zero-order valence-corrected chi connectivity index (χ0v) is 12.4. The van der Waals surface area contributed by atoms with Crippen molar-refractivity contribution in [1.29, 1.82) is 0 Å². The van der Waals surface area contributed by atoms with Gasteiger partial charge in [-0.05, 0) is 69.5 Å². The molecular weight excluding hydrogens is 246 g/mol. The second kappa shape index (κ2) is 7.12. The van der Waals surface area contributed by atoms with Crippen LogP contribution >= 0.6 is 0 Å². The molecule has 2 aliphatic rings. The summed E-state index contributed by atoms with van der Waals surface area (Å²) in [6, 6.07) is 9.36. The summed E-state index contributed by atoms with van der Waals surface area (Å²) in [5, 5.41) is 3.64. The number of ether oxygens (including phenoxy) is 1. The third-order valence-corrected chi connectivity index (χ3v) is 4.74. The number of hydrogen-bond donors (Lipinski definition) is 1. The second-order valence-electron chi connectivity index (χ2n) is 6.32. The molecule has 1 aromatic carbocycles. The van der Waals surface area contributed by atoms with Crippen molar-refractivity contribution in [2.45, 2.75) is 69.9 Å². The maximum Gasteiger partial charge on any atom is 0.122 e. The Labute approximate surface area is 122 Å². The van der Waals surface area contributed by atoms with Crippen molar-refractivity contribution in [3.8, 4) is 5.75 Å². The minimum Gasteiger partial charge on any atom is -0.490 e. The number of benzene rings is 1. The van der Waals surface area contributed by atoms with Gasteiger partial charge < -0.3 is 10.1 Å². The Kier molecular flexibility index (Phi) is 4.96. The van der Waals surface area contributed by atoms with Crippen LogP contribution in [-0.2, 0) is 6.42 Å². The molecule has 1 N–H and O–H groups in total. The molecule has 110 valence electrons. The molecule has 1 aromatic rings. The quantitative estimate of drug-likeness (QED) is 0.872. The van der Waals surface area contributed by atoms with Crippen LogP contribution in [0.4, 0.5) is 0 Å². The fraction of sp³-hybridized carbons (Fsp3) is 0.667. The fourth-order valence-electron chi connectivity index (χ4n) is 3.51. The predicted octanol–water partition coefficient (Wildman–Crippen LogP) is 4.08. The van der Waals surface area contributed by atoms with Crippen LogP contribution in [0.25, 0.3) is 0 Å². The third-order valence-electron chi connectivity index (χ3n) is 4.74. The van der Waals surface area contributed by atoms with Gasteiger partial charge in [0.1, 0.15) is 5.75 Å². The standard InChI is InChI=1S/C18H27NO/c1-4-11-18(20-17-9-2-3-10-17)15(7-1)12-13-16-8-5-6-14-19-16/h1,4,7,11,16-17,19H,2-3,5-6,8-10,12-14H2. The van der Waals surface area contributed by atoms with Crippen LogP contribution in [0.1, 0.15) is 56.9 Å². The summed E-state index contributed by atoms with van der Waals surface area (Å²) in [4.78, 5) is 0. The van der Waals surface area contributed by atoms with E-state index in [-0.39, 0.29) is 0 Å². The van der Waals surface area contributed by atoms with Gasteiger partial charge in [0.25, 0.3) is 0 Å². The number of hydrogen-bond acceptors (Lipinski definition) is 2. The second-order valence-corrected chi connectivity index (χ2v) is 6.32. The molecule has 3 rings (SSSR count). The average molecular weight is 273 g/mol. The van der Waals surface area contributed by atoms with E-state index in [0.29, 0.717) is 12.1 Å². The normalized spacial score (nSPS) is 23.9. The fourth-order valence-corrected chi connectivity index (χ4v) is 3.51. The zero-order valence-electron chi connectivity index (χ0n) is 12.4. The Morgan fingerprint density at radius 3 is 2.60 bits per heavy atom. The van der Waals surface area contributed by atoms with Gasteiger partial charge >= 0.3 is 0 Å². The maximum atomic E-state index is 6.23. The summed E-state index contributed by atoms with van der Waals surface area (Å²) >= 11 is 0. The first kappa shape index (κ1) is 13.9. The molecule has 2 fully saturated rings. The van der Waals surface area contributed by atoms with Crippen LogP contribution in [0.5, 0.6) is 5.75 Å². The molecular formula is C18H27NO. The number of nitrogens with one attached hydrogen (secondary N) is 1. The summed E-state index contributed by atoms with van der Waals surface area (Å²) in [5.41, 5.74) is 1.40. The van der Waals surface area contributed by atoms with E-state index < -0.39 is 0 Å². The lowest BCUT2D eigenvalue weighted by molar-refractivity contribution is 0.207. The highest BCUT2D eigenvalue weighted by Gasteiger charge is 2.18. The van der Waals surface area contributed by atoms with Crippen LogP contribution in [0.2, 0.25) is 0 Å². The highest BCUT2D eigenvalue weighted by Crippen LogP contribution is 2.27. The van der Waals surface area contributed by atoms with Crippen molar-refractivity contribution >= 4 is 0 Å². The Morgan fingerprint density at radius 1 is 1.00 bits per heavy atom. The Balaban J connectivity index is 1.57. The number of aryl methyl sites for hydroxylation is 1. The van der Waals surface area contributed by atoms with Crippen molar-refractivity contribution in [1.82, 2.24) is 5.32 Å². The minimum atomic E-state index is 0.462. The summed E-state index contributed by atoms with van der Waals surface area (Å²) in [7, 11) is 0. The van der Waals surface area contributed by atoms with Crippen molar-refractivity contribution in [2.75, 3.05) is 6.54 Å². The van der Waals surface area contributed by atoms with E-state index in [1.54, 1.807) is 0 Å². The summed E-state index contributed by atoms with van der Waals surface area (Å²) in [6.45, 7) is 1.20. The van der Waals surface area contributed by atoms with Crippen LogP contribution in [-0.4, -0.2) is 18.7 Å². The number of para-hydroxylation sites is 1. The molecule has 1 aliphatic heterocycles. The van der Waals surface area contributed by atoms with E-state index in [9.17, 15) is 0 Å². The monoisotopic (exact) mass is 273 g/mol. The van der Waals surface area contributed by atoms with E-state index in [4.69, 9.17) is 4.74 Å². The van der Waals surface area contributed by atoms with E-state index in [2.05, 4.69) is 29.6 Å². The summed E-state index contributed by atoms with van der Waals surface area (Å²) < 4.78 is 6.23. The van der Waals surface area contributed by atoms with E-state index in [1.807, 2.05) is 0 Å². The molecule has 20 heavy (non-hydrogen) atoms. The lowest BCUT2D eigenvalue weighted by Gasteiger charge is -2.24. The smallest absolute Gasteiger partial charge is 0.122 e. The molecule has 2 nitrogen and oxygen atoms in total. The van der Waals surface area contributed by atoms with Crippen LogP contribution < -0.4 is 10.1 Å². The van der Waals surface area contributed by atoms with Gasteiger partial charge in [0.2, 0.25) is 0 Å². The molecule has 0 radical (unpaired) electrons. The molecule has 2 heteroatoms.